The summed E-state index contributed by atoms with van der Waals surface area (Å²) in [6.45, 7) is 5.74. The van der Waals surface area contributed by atoms with E-state index in [0.717, 1.165) is 37.5 Å². The van der Waals surface area contributed by atoms with Gasteiger partial charge in [0, 0.05) is 31.9 Å². The predicted molar refractivity (Wildman–Crippen MR) is 132 cm³/mol. The molecule has 1 fully saturated rings. The van der Waals surface area contributed by atoms with Gasteiger partial charge >= 0.3 is 0 Å². The maximum absolute atomic E-state index is 13.6. The van der Waals surface area contributed by atoms with E-state index in [4.69, 9.17) is 9.47 Å². The fourth-order valence-corrected chi connectivity index (χ4v) is 4.25. The second kappa shape index (κ2) is 10.9. The Morgan fingerprint density at radius 3 is 2.24 bits per heavy atom. The highest BCUT2D eigenvalue weighted by atomic mass is 16.5. The Kier molecular flexibility index (Phi) is 7.47. The number of rotatable bonds is 8. The summed E-state index contributed by atoms with van der Waals surface area (Å²) in [5, 5.41) is 3.11. The number of anilines is 2. The van der Waals surface area contributed by atoms with Crippen molar-refractivity contribution in [1.82, 2.24) is 4.90 Å². The largest absolute Gasteiger partial charge is 0.497 e. The first-order valence-electron chi connectivity index (χ1n) is 11.4. The Morgan fingerprint density at radius 2 is 1.58 bits per heavy atom. The van der Waals surface area contributed by atoms with Gasteiger partial charge in [-0.3, -0.25) is 9.69 Å². The molecule has 0 aromatic heterocycles. The van der Waals surface area contributed by atoms with Crippen LogP contribution in [0.3, 0.4) is 0 Å². The molecule has 6 heteroatoms. The number of amides is 1. The predicted octanol–water partition coefficient (Wildman–Crippen LogP) is 4.60. The molecule has 1 atom stereocenters. The van der Waals surface area contributed by atoms with Gasteiger partial charge in [0.15, 0.2) is 0 Å². The van der Waals surface area contributed by atoms with Crippen molar-refractivity contribution in [3.63, 3.8) is 0 Å². The molecule has 1 unspecified atom stereocenters. The van der Waals surface area contributed by atoms with Crippen molar-refractivity contribution in [1.29, 1.82) is 0 Å². The zero-order chi connectivity index (χ0) is 23.0. The number of piperazine rings is 1. The molecule has 6 nitrogen and oxygen atoms in total. The number of methoxy groups -OCH3 is 1. The second-order valence-electron chi connectivity index (χ2n) is 7.95. The molecular weight excluding hydrogens is 414 g/mol. The maximum atomic E-state index is 13.6. The summed E-state index contributed by atoms with van der Waals surface area (Å²) < 4.78 is 11.0. The van der Waals surface area contributed by atoms with Crippen molar-refractivity contribution < 1.29 is 14.3 Å². The third-order valence-electron chi connectivity index (χ3n) is 5.93. The number of carbonyl (C=O) groups is 1. The molecule has 3 aromatic rings. The highest BCUT2D eigenvalue weighted by Gasteiger charge is 2.31. The molecule has 0 aliphatic carbocycles. The van der Waals surface area contributed by atoms with E-state index in [2.05, 4.69) is 27.2 Å². The molecule has 1 aliphatic rings. The number of hydrogen-bond donors (Lipinski definition) is 1. The monoisotopic (exact) mass is 445 g/mol. The van der Waals surface area contributed by atoms with Gasteiger partial charge in [0.25, 0.3) is 0 Å². The van der Waals surface area contributed by atoms with Gasteiger partial charge < -0.3 is 19.7 Å². The number of hydrogen-bond acceptors (Lipinski definition) is 5. The summed E-state index contributed by atoms with van der Waals surface area (Å²) in [5.41, 5.74) is 2.85. The van der Waals surface area contributed by atoms with Crippen LogP contribution in [0.2, 0.25) is 0 Å². The number of ether oxygens (including phenoxy) is 2. The highest BCUT2D eigenvalue weighted by molar-refractivity contribution is 5.96. The third-order valence-corrected chi connectivity index (χ3v) is 5.93. The highest BCUT2D eigenvalue weighted by Crippen LogP contribution is 2.29. The van der Waals surface area contributed by atoms with Crippen LogP contribution in [0.1, 0.15) is 18.5 Å². The van der Waals surface area contributed by atoms with E-state index in [1.165, 1.54) is 5.69 Å². The minimum atomic E-state index is -0.376. The van der Waals surface area contributed by atoms with E-state index in [0.29, 0.717) is 18.0 Å². The molecule has 0 saturated carbocycles. The zero-order valence-corrected chi connectivity index (χ0v) is 19.2. The molecule has 4 rings (SSSR count). The van der Waals surface area contributed by atoms with Crippen molar-refractivity contribution in [3.05, 3.63) is 84.4 Å². The van der Waals surface area contributed by atoms with Crippen LogP contribution in [0.15, 0.2) is 78.9 Å². The standard InChI is InChI=1S/C27H31N3O3/c1-3-33-25-12-8-7-11-24(25)28-27(31)26(21-9-5-4-6-10-21)30-19-17-29(18-20-30)22-13-15-23(32-2)16-14-22/h4-16,26H,3,17-20H2,1-2H3,(H,28,31). The minimum Gasteiger partial charge on any atom is -0.497 e. The second-order valence-corrected chi connectivity index (χ2v) is 7.95. The molecule has 0 bridgehead atoms. The van der Waals surface area contributed by atoms with Gasteiger partial charge in [0.1, 0.15) is 17.5 Å². The van der Waals surface area contributed by atoms with E-state index < -0.39 is 0 Å². The van der Waals surface area contributed by atoms with E-state index in [-0.39, 0.29) is 11.9 Å². The van der Waals surface area contributed by atoms with Crippen molar-refractivity contribution in [2.45, 2.75) is 13.0 Å². The normalized spacial score (nSPS) is 15.0. The fraction of sp³-hybridized carbons (Fsp3) is 0.296. The van der Waals surface area contributed by atoms with Gasteiger partial charge in [0.05, 0.1) is 19.4 Å². The summed E-state index contributed by atoms with van der Waals surface area (Å²) in [4.78, 5) is 18.2. The summed E-state index contributed by atoms with van der Waals surface area (Å²) >= 11 is 0. The number of carbonyl (C=O) groups excluding carboxylic acids is 1. The first-order valence-corrected chi connectivity index (χ1v) is 11.4. The van der Waals surface area contributed by atoms with Gasteiger partial charge in [-0.15, -0.1) is 0 Å². The first-order chi connectivity index (χ1) is 16.2. The Balaban J connectivity index is 1.50. The Bertz CT molecular complexity index is 1030. The van der Waals surface area contributed by atoms with Crippen LogP contribution < -0.4 is 19.7 Å². The molecule has 0 spiro atoms. The number of para-hydroxylation sites is 2. The van der Waals surface area contributed by atoms with Crippen LogP contribution in [0.4, 0.5) is 11.4 Å². The van der Waals surface area contributed by atoms with Crippen molar-refractivity contribution in [3.8, 4) is 11.5 Å². The Hall–Kier alpha value is -3.51. The van der Waals surface area contributed by atoms with Gasteiger partial charge in [-0.05, 0) is 48.9 Å². The number of nitrogens with one attached hydrogen (secondary N) is 1. The Morgan fingerprint density at radius 1 is 0.909 bits per heavy atom. The van der Waals surface area contributed by atoms with Crippen molar-refractivity contribution >= 4 is 17.3 Å². The molecule has 1 heterocycles. The lowest BCUT2D eigenvalue weighted by Crippen LogP contribution is -2.50. The quantitative estimate of drug-likeness (QED) is 0.549. The lowest BCUT2D eigenvalue weighted by molar-refractivity contribution is -0.121. The molecule has 172 valence electrons. The van der Waals surface area contributed by atoms with Crippen LogP contribution in [-0.2, 0) is 4.79 Å². The van der Waals surface area contributed by atoms with Crippen LogP contribution >= 0.6 is 0 Å². The lowest BCUT2D eigenvalue weighted by Gasteiger charge is -2.39. The summed E-state index contributed by atoms with van der Waals surface area (Å²) in [7, 11) is 1.68. The molecule has 33 heavy (non-hydrogen) atoms. The van der Waals surface area contributed by atoms with E-state index in [9.17, 15) is 4.79 Å². The minimum absolute atomic E-state index is 0.0498. The number of benzene rings is 3. The van der Waals surface area contributed by atoms with Gasteiger partial charge in [0.2, 0.25) is 5.91 Å². The van der Waals surface area contributed by atoms with Crippen LogP contribution in [0.5, 0.6) is 11.5 Å². The maximum Gasteiger partial charge on any atom is 0.246 e. The molecule has 1 N–H and O–H groups in total. The topological polar surface area (TPSA) is 54.0 Å². The van der Waals surface area contributed by atoms with E-state index in [1.807, 2.05) is 73.7 Å². The Labute approximate surface area is 195 Å². The third kappa shape index (κ3) is 5.46. The van der Waals surface area contributed by atoms with Crippen LogP contribution in [-0.4, -0.2) is 50.7 Å². The SMILES string of the molecule is CCOc1ccccc1NC(=O)C(c1ccccc1)N1CCN(c2ccc(OC)cc2)CC1. The summed E-state index contributed by atoms with van der Waals surface area (Å²) in [6, 6.07) is 25.3. The fourth-order valence-electron chi connectivity index (χ4n) is 4.25. The first kappa shape index (κ1) is 22.7. The lowest BCUT2D eigenvalue weighted by atomic mass is 10.0. The van der Waals surface area contributed by atoms with Gasteiger partial charge in [-0.1, -0.05) is 42.5 Å². The average Bonchev–Trinajstić information content (AvgIpc) is 2.87. The molecule has 1 aliphatic heterocycles. The van der Waals surface area contributed by atoms with Gasteiger partial charge in [-0.25, -0.2) is 0 Å². The molecule has 1 saturated heterocycles. The summed E-state index contributed by atoms with van der Waals surface area (Å²) in [5.74, 6) is 1.49. The molecule has 0 radical (unpaired) electrons. The molecular formula is C27H31N3O3. The van der Waals surface area contributed by atoms with Gasteiger partial charge in [-0.2, -0.15) is 0 Å². The van der Waals surface area contributed by atoms with Crippen molar-refractivity contribution in [2.75, 3.05) is 50.1 Å². The molecule has 1 amide bonds. The van der Waals surface area contributed by atoms with Crippen molar-refractivity contribution in [2.24, 2.45) is 0 Å². The number of nitrogens with zero attached hydrogens (tertiary/aromatic N) is 2. The van der Waals surface area contributed by atoms with E-state index >= 15 is 0 Å². The summed E-state index contributed by atoms with van der Waals surface area (Å²) in [6.07, 6.45) is 0. The van der Waals surface area contributed by atoms with E-state index in [1.54, 1.807) is 7.11 Å². The molecule has 3 aromatic carbocycles. The smallest absolute Gasteiger partial charge is 0.246 e. The van der Waals surface area contributed by atoms with Crippen LogP contribution in [0, 0.1) is 0 Å². The average molecular weight is 446 g/mol. The van der Waals surface area contributed by atoms with Crippen LogP contribution in [0.25, 0.3) is 0 Å². The zero-order valence-electron chi connectivity index (χ0n) is 19.2.